The van der Waals surface area contributed by atoms with E-state index in [4.69, 9.17) is 5.73 Å². The highest BCUT2D eigenvalue weighted by Crippen LogP contribution is 2.24. The van der Waals surface area contributed by atoms with Crippen molar-refractivity contribution in [3.05, 3.63) is 23.9 Å². The maximum Gasteiger partial charge on any atom is 0.220 e. The molecule has 0 bridgehead atoms. The van der Waals surface area contributed by atoms with Crippen LogP contribution in [0.5, 0.6) is 0 Å². The molecule has 152 valence electrons. The number of primary amides is 1. The van der Waals surface area contributed by atoms with Crippen LogP contribution < -0.4 is 16.0 Å². The molecule has 8 heteroatoms. The summed E-state index contributed by atoms with van der Waals surface area (Å²) in [6, 6.07) is 4.05. The first kappa shape index (κ1) is 23.5. The van der Waals surface area contributed by atoms with Gasteiger partial charge in [0.15, 0.2) is 5.96 Å². The second-order valence-corrected chi connectivity index (χ2v) is 6.83. The van der Waals surface area contributed by atoms with Crippen molar-refractivity contribution in [2.45, 2.75) is 39.2 Å². The van der Waals surface area contributed by atoms with Gasteiger partial charge in [-0.15, -0.1) is 24.0 Å². The first-order chi connectivity index (χ1) is 12.6. The first-order valence-corrected chi connectivity index (χ1v) is 9.46. The van der Waals surface area contributed by atoms with E-state index in [1.54, 1.807) is 0 Å². The molecule has 1 fully saturated rings. The monoisotopic (exact) mass is 488 g/mol. The van der Waals surface area contributed by atoms with Gasteiger partial charge in [-0.05, 0) is 25.3 Å². The quantitative estimate of drug-likeness (QED) is 0.349. The maximum absolute atomic E-state index is 11.4. The third-order valence-corrected chi connectivity index (χ3v) is 4.92. The largest absolute Gasteiger partial charge is 0.369 e. The molecule has 1 aromatic heterocycles. The molecule has 2 heterocycles. The zero-order valence-electron chi connectivity index (χ0n) is 16.6. The Hall–Kier alpha value is -1.58. The fraction of sp³-hybridized carbons (Fsp3) is 0.632. The van der Waals surface area contributed by atoms with Crippen LogP contribution in [0.15, 0.2) is 23.3 Å². The number of nitrogens with zero attached hydrogens (tertiary/aromatic N) is 4. The minimum atomic E-state index is -0.188. The number of amides is 1. The molecular weight excluding hydrogens is 455 g/mol. The number of carbonyl (C=O) groups is 1. The van der Waals surface area contributed by atoms with Gasteiger partial charge in [-0.3, -0.25) is 9.79 Å². The summed E-state index contributed by atoms with van der Waals surface area (Å²) in [6.45, 7) is 5.46. The molecule has 1 aromatic rings. The van der Waals surface area contributed by atoms with Crippen LogP contribution in [0.4, 0.5) is 5.82 Å². The van der Waals surface area contributed by atoms with Crippen molar-refractivity contribution in [3.8, 4) is 0 Å². The molecule has 1 aliphatic rings. The number of piperidine rings is 1. The topological polar surface area (TPSA) is 86.8 Å². The van der Waals surface area contributed by atoms with Gasteiger partial charge >= 0.3 is 0 Å². The third-order valence-electron chi connectivity index (χ3n) is 4.92. The number of aliphatic imine (C=N–C) groups is 1. The number of aromatic nitrogens is 1. The van der Waals surface area contributed by atoms with E-state index in [1.807, 2.05) is 19.3 Å². The summed E-state index contributed by atoms with van der Waals surface area (Å²) < 4.78 is 0. The van der Waals surface area contributed by atoms with Gasteiger partial charge in [-0.25, -0.2) is 4.98 Å². The lowest BCUT2D eigenvalue weighted by Gasteiger charge is -2.32. The summed E-state index contributed by atoms with van der Waals surface area (Å²) in [6.07, 6.45) is 5.71. The van der Waals surface area contributed by atoms with Gasteiger partial charge in [0.25, 0.3) is 0 Å². The Morgan fingerprint density at radius 3 is 2.74 bits per heavy atom. The van der Waals surface area contributed by atoms with Crippen molar-refractivity contribution < 1.29 is 4.79 Å². The van der Waals surface area contributed by atoms with Crippen molar-refractivity contribution in [1.29, 1.82) is 0 Å². The predicted molar refractivity (Wildman–Crippen MR) is 122 cm³/mol. The van der Waals surface area contributed by atoms with Crippen LogP contribution >= 0.6 is 24.0 Å². The predicted octanol–water partition coefficient (Wildman–Crippen LogP) is 2.21. The van der Waals surface area contributed by atoms with Crippen molar-refractivity contribution in [2.75, 3.05) is 38.6 Å². The summed E-state index contributed by atoms with van der Waals surface area (Å²) in [4.78, 5) is 24.7. The Bertz CT molecular complexity index is 616. The minimum absolute atomic E-state index is 0. The molecule has 0 unspecified atom stereocenters. The average Bonchev–Trinajstić information content (AvgIpc) is 2.67. The Kier molecular flexibility index (Phi) is 10.4. The highest BCUT2D eigenvalue weighted by atomic mass is 127. The number of halogens is 1. The molecule has 0 aliphatic carbocycles. The number of rotatable bonds is 7. The van der Waals surface area contributed by atoms with E-state index in [2.05, 4.69) is 45.1 Å². The highest BCUT2D eigenvalue weighted by Gasteiger charge is 2.25. The first-order valence-electron chi connectivity index (χ1n) is 9.46. The van der Waals surface area contributed by atoms with E-state index in [-0.39, 0.29) is 35.8 Å². The van der Waals surface area contributed by atoms with Gasteiger partial charge in [0.1, 0.15) is 5.82 Å². The molecule has 0 saturated carbocycles. The molecule has 0 spiro atoms. The molecule has 3 N–H and O–H groups in total. The number of nitrogens with one attached hydrogen (secondary N) is 1. The summed E-state index contributed by atoms with van der Waals surface area (Å²) in [5.41, 5.74) is 6.57. The van der Waals surface area contributed by atoms with E-state index >= 15 is 0 Å². The van der Waals surface area contributed by atoms with E-state index in [0.29, 0.717) is 6.54 Å². The van der Waals surface area contributed by atoms with Crippen LogP contribution in [-0.2, 0) is 11.3 Å². The zero-order chi connectivity index (χ0) is 18.9. The number of carbonyl (C=O) groups excluding carboxylic acids is 1. The highest BCUT2D eigenvalue weighted by molar-refractivity contribution is 14.0. The molecule has 1 amide bonds. The molecular formula is C19H33IN6O. The van der Waals surface area contributed by atoms with E-state index in [0.717, 1.165) is 62.7 Å². The maximum atomic E-state index is 11.4. The molecule has 7 nitrogen and oxygen atoms in total. The van der Waals surface area contributed by atoms with Gasteiger partial charge in [-0.1, -0.05) is 19.4 Å². The van der Waals surface area contributed by atoms with Gasteiger partial charge in [0.2, 0.25) is 5.91 Å². The fourth-order valence-corrected chi connectivity index (χ4v) is 3.29. The van der Waals surface area contributed by atoms with Crippen molar-refractivity contribution in [2.24, 2.45) is 16.6 Å². The van der Waals surface area contributed by atoms with Crippen molar-refractivity contribution >= 4 is 41.7 Å². The van der Waals surface area contributed by atoms with Gasteiger partial charge < -0.3 is 20.9 Å². The Morgan fingerprint density at radius 2 is 2.15 bits per heavy atom. The van der Waals surface area contributed by atoms with Crippen molar-refractivity contribution in [3.63, 3.8) is 0 Å². The molecule has 0 radical (unpaired) electrons. The number of unbranched alkanes of at least 4 members (excludes halogenated alkanes) is 1. The second-order valence-electron chi connectivity index (χ2n) is 6.83. The van der Waals surface area contributed by atoms with E-state index in [1.165, 1.54) is 0 Å². The van der Waals surface area contributed by atoms with Crippen LogP contribution in [0.1, 0.15) is 38.2 Å². The van der Waals surface area contributed by atoms with Crippen LogP contribution in [0, 0.1) is 5.92 Å². The number of guanidine groups is 1. The Labute approximate surface area is 179 Å². The lowest BCUT2D eigenvalue weighted by Crippen LogP contribution is -2.41. The molecule has 2 rings (SSSR count). The van der Waals surface area contributed by atoms with Crippen LogP contribution in [-0.4, -0.2) is 55.5 Å². The number of pyridine rings is 1. The van der Waals surface area contributed by atoms with Crippen LogP contribution in [0.2, 0.25) is 0 Å². The van der Waals surface area contributed by atoms with Crippen LogP contribution in [0.3, 0.4) is 0 Å². The number of nitrogens with two attached hydrogens (primary N) is 1. The Morgan fingerprint density at radius 1 is 1.44 bits per heavy atom. The fourth-order valence-electron chi connectivity index (χ4n) is 3.29. The third kappa shape index (κ3) is 6.82. The normalized spacial score (nSPS) is 15.2. The zero-order valence-corrected chi connectivity index (χ0v) is 19.0. The van der Waals surface area contributed by atoms with E-state index < -0.39 is 0 Å². The van der Waals surface area contributed by atoms with Crippen LogP contribution in [0.25, 0.3) is 0 Å². The lowest BCUT2D eigenvalue weighted by atomic mass is 9.96. The summed E-state index contributed by atoms with van der Waals surface area (Å²) in [7, 11) is 3.87. The molecule has 1 saturated heterocycles. The molecule has 0 aromatic carbocycles. The average molecular weight is 488 g/mol. The standard InChI is InChI=1S/C19H32N6O.HI/c1-4-5-11-24(3)19(21-2)23-14-16-7-6-10-22-18(16)25-12-8-15(9-13-25)17(20)26;/h6-7,10,15H,4-5,8-9,11-14H2,1-3H3,(H2,20,26)(H,21,23);1H. The number of hydrogen-bond donors (Lipinski definition) is 2. The smallest absolute Gasteiger partial charge is 0.220 e. The Balaban J connectivity index is 0.00000364. The second kappa shape index (κ2) is 12.0. The summed E-state index contributed by atoms with van der Waals surface area (Å²) in [5, 5.41) is 3.44. The SMILES string of the molecule is CCCCN(C)C(=NC)NCc1cccnc1N1CCC(C(N)=O)CC1.I. The molecule has 27 heavy (non-hydrogen) atoms. The summed E-state index contributed by atoms with van der Waals surface area (Å²) in [5.74, 6) is 1.67. The molecule has 0 atom stereocenters. The lowest BCUT2D eigenvalue weighted by molar-refractivity contribution is -0.122. The minimum Gasteiger partial charge on any atom is -0.369 e. The van der Waals surface area contributed by atoms with Gasteiger partial charge in [0.05, 0.1) is 0 Å². The number of hydrogen-bond acceptors (Lipinski definition) is 4. The summed E-state index contributed by atoms with van der Waals surface area (Å²) >= 11 is 0. The van der Waals surface area contributed by atoms with Gasteiger partial charge in [0, 0.05) is 58.0 Å². The molecule has 1 aliphatic heterocycles. The van der Waals surface area contributed by atoms with E-state index in [9.17, 15) is 4.79 Å². The van der Waals surface area contributed by atoms with Crippen molar-refractivity contribution in [1.82, 2.24) is 15.2 Å². The number of anilines is 1. The van der Waals surface area contributed by atoms with Gasteiger partial charge in [-0.2, -0.15) is 0 Å².